The van der Waals surface area contributed by atoms with Gasteiger partial charge in [-0.25, -0.2) is 0 Å². The first-order valence-corrected chi connectivity index (χ1v) is 53.2. The zero-order valence-corrected chi connectivity index (χ0v) is 78.8. The van der Waals surface area contributed by atoms with Gasteiger partial charge in [-0.3, -0.25) is 0 Å². The number of hydrogen-bond donors (Lipinski definition) is 0. The molecule has 0 nitrogen and oxygen atoms in total. The van der Waals surface area contributed by atoms with E-state index in [0.717, 1.165) is 25.7 Å². The summed E-state index contributed by atoms with van der Waals surface area (Å²) in [7, 11) is 0. The van der Waals surface area contributed by atoms with Gasteiger partial charge in [0.1, 0.15) is 0 Å². The van der Waals surface area contributed by atoms with Gasteiger partial charge in [0.25, 0.3) is 0 Å². The molecule has 2 aliphatic carbocycles. The van der Waals surface area contributed by atoms with E-state index in [1.807, 2.05) is 22.7 Å². The van der Waals surface area contributed by atoms with Crippen molar-refractivity contribution < 1.29 is 0 Å². The Morgan fingerprint density at radius 1 is 0.211 bits per heavy atom. The minimum atomic E-state index is -0.474. The number of rotatable bonds is 64. The lowest BCUT2D eigenvalue weighted by Crippen LogP contribution is -2.28. The molecule has 2 aliphatic rings. The molecule has 0 atom stereocenters. The van der Waals surface area contributed by atoms with Crippen LogP contribution in [0.15, 0.2) is 129 Å². The second-order valence-electron chi connectivity index (χ2n) is 35.7. The Hall–Kier alpha value is -3.62. The quantitative estimate of drug-likeness (QED) is 0.0333. The Morgan fingerprint density at radius 2 is 0.395 bits per heavy atom. The summed E-state index contributed by atoms with van der Waals surface area (Å²) in [5, 5.41) is 2.86. The molecule has 5 aromatic carbocycles. The lowest BCUT2D eigenvalue weighted by Gasteiger charge is -2.34. The predicted molar refractivity (Wildman–Crippen MR) is 519 cm³/mol. The largest absolute Gasteiger partial charge is 0.134 e. The summed E-state index contributed by atoms with van der Waals surface area (Å²) in [6.07, 6.45) is 82.8. The molecule has 0 N–H and O–H groups in total. The van der Waals surface area contributed by atoms with Crippen molar-refractivity contribution in [1.82, 2.24) is 0 Å². The van der Waals surface area contributed by atoms with Crippen LogP contribution in [0.2, 0.25) is 0 Å². The molecule has 11 rings (SSSR count). The Bertz CT molecular complexity index is 3680. The summed E-state index contributed by atoms with van der Waals surface area (Å²) >= 11 is 16.4. The van der Waals surface area contributed by atoms with Crippen LogP contribution in [-0.2, 0) is 36.5 Å². The third-order valence-electron chi connectivity index (χ3n) is 26.7. The SMILES string of the molecule is CCCCCCCCCCCCCCCCc1ccc(C2(c3ccc(CCCCCCCCCCCCCCCC)cc3)c3cc(Br)sc3-c3sc4cc5c6c(sc5cc4c32)-c2sc(Br)cc2C6(c2ccc(CCCCCCCCCCCCCCCC)cc2)c2ccc(CCCCCCCCCCCCCCCC)cc2)cc1. The molecule has 0 fully saturated rings. The van der Waals surface area contributed by atoms with Crippen LogP contribution in [0.25, 0.3) is 39.7 Å². The molecule has 0 radical (unpaired) electrons. The van der Waals surface area contributed by atoms with Crippen molar-refractivity contribution in [3.05, 3.63) is 196 Å². The zero-order valence-electron chi connectivity index (χ0n) is 72.4. The molecule has 0 amide bonds. The molecule has 4 heterocycles. The van der Waals surface area contributed by atoms with Crippen molar-refractivity contribution in [2.45, 2.75) is 424 Å². The van der Waals surface area contributed by atoms with E-state index in [4.69, 9.17) is 0 Å². The van der Waals surface area contributed by atoms with E-state index in [1.165, 1.54) is 474 Å². The normalized spacial score (nSPS) is 13.3. The van der Waals surface area contributed by atoms with Crippen molar-refractivity contribution in [1.29, 1.82) is 0 Å². The molecule has 6 heteroatoms. The van der Waals surface area contributed by atoms with E-state index in [0.29, 0.717) is 0 Å². The van der Waals surface area contributed by atoms with Crippen LogP contribution in [0, 0.1) is 0 Å². The smallest absolute Gasteiger partial charge is 0.0737 e. The molecule has 622 valence electrons. The van der Waals surface area contributed by atoms with Crippen LogP contribution in [0.3, 0.4) is 0 Å². The maximum Gasteiger partial charge on any atom is 0.0737 e. The van der Waals surface area contributed by atoms with Gasteiger partial charge >= 0.3 is 0 Å². The maximum atomic E-state index is 4.16. The van der Waals surface area contributed by atoms with E-state index in [1.54, 1.807) is 0 Å². The summed E-state index contributed by atoms with van der Waals surface area (Å²) in [5.74, 6) is 0. The second-order valence-corrected chi connectivity index (χ2v) is 42.7. The molecule has 0 saturated heterocycles. The fourth-order valence-corrected chi connectivity index (χ4v) is 26.1. The summed E-state index contributed by atoms with van der Waals surface area (Å²) < 4.78 is 5.27. The lowest BCUT2D eigenvalue weighted by molar-refractivity contribution is 0.535. The van der Waals surface area contributed by atoms with E-state index in [9.17, 15) is 0 Å². The Balaban J connectivity index is 0.856. The number of aryl methyl sites for hydroxylation is 4. The fraction of sp³-hybridized carbons (Fsp3) is 0.611. The number of benzene rings is 5. The van der Waals surface area contributed by atoms with Crippen LogP contribution < -0.4 is 0 Å². The van der Waals surface area contributed by atoms with Crippen LogP contribution in [0.1, 0.15) is 454 Å². The third-order valence-corrected chi connectivity index (χ3v) is 32.6. The summed E-state index contributed by atoms with van der Waals surface area (Å²) in [6.45, 7) is 9.29. The van der Waals surface area contributed by atoms with E-state index in [2.05, 4.69) is 204 Å². The second kappa shape index (κ2) is 51.2. The van der Waals surface area contributed by atoms with Crippen molar-refractivity contribution in [3.63, 3.8) is 0 Å². The summed E-state index contributed by atoms with van der Waals surface area (Å²) in [5.41, 5.74) is 16.5. The van der Waals surface area contributed by atoms with E-state index in [-0.39, 0.29) is 0 Å². The number of unbranched alkanes of at least 4 members (excludes halogenated alkanes) is 52. The molecule has 0 bridgehead atoms. The minimum absolute atomic E-state index is 0.474. The van der Waals surface area contributed by atoms with Gasteiger partial charge in [0, 0.05) is 9.40 Å². The van der Waals surface area contributed by atoms with Crippen LogP contribution in [0.4, 0.5) is 0 Å². The van der Waals surface area contributed by atoms with E-state index < -0.39 is 10.8 Å². The third kappa shape index (κ3) is 25.7. The molecule has 4 aromatic heterocycles. The summed E-state index contributed by atoms with van der Waals surface area (Å²) in [6, 6.07) is 51.1. The number of thiophene rings is 4. The average molecular weight is 1740 g/mol. The fourth-order valence-electron chi connectivity index (χ4n) is 19.9. The number of fused-ring (bicyclic) bond motifs is 10. The maximum absolute atomic E-state index is 4.16. The van der Waals surface area contributed by atoms with E-state index >= 15 is 0 Å². The number of hydrogen-bond acceptors (Lipinski definition) is 4. The zero-order chi connectivity index (χ0) is 79.1. The highest BCUT2D eigenvalue weighted by Gasteiger charge is 2.52. The number of halogens is 2. The van der Waals surface area contributed by atoms with Crippen molar-refractivity contribution in [2.75, 3.05) is 0 Å². The molecule has 0 spiro atoms. The van der Waals surface area contributed by atoms with Gasteiger partial charge < -0.3 is 0 Å². The first-order valence-electron chi connectivity index (χ1n) is 48.3. The first kappa shape index (κ1) is 91.1. The molecular weight excluding hydrogens is 1590 g/mol. The van der Waals surface area contributed by atoms with Crippen molar-refractivity contribution >= 4 is 97.4 Å². The van der Waals surface area contributed by atoms with Crippen LogP contribution >= 0.6 is 77.2 Å². The van der Waals surface area contributed by atoms with Gasteiger partial charge in [0.2, 0.25) is 0 Å². The van der Waals surface area contributed by atoms with Gasteiger partial charge in [0.15, 0.2) is 0 Å². The Kier molecular flexibility index (Phi) is 40.9. The monoisotopic (exact) mass is 1730 g/mol. The highest BCUT2D eigenvalue weighted by atomic mass is 79.9. The average Bonchev–Trinajstić information content (AvgIpc) is 1.50. The molecular formula is C108H152Br2S4. The Morgan fingerprint density at radius 3 is 0.588 bits per heavy atom. The van der Waals surface area contributed by atoms with Gasteiger partial charge in [-0.15, -0.1) is 45.3 Å². The van der Waals surface area contributed by atoms with Crippen LogP contribution in [0.5, 0.6) is 0 Å². The molecule has 9 aromatic rings. The van der Waals surface area contributed by atoms with Gasteiger partial charge in [0.05, 0.1) is 37.9 Å². The lowest BCUT2D eigenvalue weighted by atomic mass is 9.67. The first-order chi connectivity index (χ1) is 56.3. The molecule has 0 saturated carbocycles. The van der Waals surface area contributed by atoms with Crippen LogP contribution in [-0.4, -0.2) is 0 Å². The highest BCUT2D eigenvalue weighted by molar-refractivity contribution is 9.11. The van der Waals surface area contributed by atoms with Crippen molar-refractivity contribution in [3.8, 4) is 19.5 Å². The standard InChI is InChI=1S/C108H152Br2S4/c1-5-9-13-17-21-25-29-33-37-41-45-49-53-57-61-85-65-73-89(74-66-85)107(90-75-67-86(68-76-90)62-58-54-50-46-42-38-34-30-26-22-18-14-10-6-2)95-83-99(109)113-103(95)105-101(107)93-81-98-94(82-97(93)111-105)102-106(112-98)104-96(84-100(110)114-104)108(102,91-77-69-87(70-78-91)63-59-55-51-47-43-39-35-31-27-23-19-15-11-7-3)92-79-71-88(72-80-92)64-60-56-52-48-44-40-36-32-28-24-20-16-12-8-4/h65-84H,5-64H2,1-4H3. The van der Waals surface area contributed by atoms with Crippen molar-refractivity contribution in [2.24, 2.45) is 0 Å². The molecule has 0 unspecified atom stereocenters. The summed E-state index contributed by atoms with van der Waals surface area (Å²) in [4.78, 5) is 5.80. The van der Waals surface area contributed by atoms with Gasteiger partial charge in [-0.2, -0.15) is 0 Å². The minimum Gasteiger partial charge on any atom is -0.134 e. The highest BCUT2D eigenvalue weighted by Crippen LogP contribution is 2.67. The Labute approximate surface area is 730 Å². The molecule has 114 heavy (non-hydrogen) atoms. The van der Waals surface area contributed by atoms with Gasteiger partial charge in [-0.05, 0) is 185 Å². The molecule has 0 aliphatic heterocycles. The van der Waals surface area contributed by atoms with Gasteiger partial charge in [-0.1, -0.05) is 459 Å². The topological polar surface area (TPSA) is 0 Å². The predicted octanol–water partition coefficient (Wildman–Crippen LogP) is 38.6.